The first-order chi connectivity index (χ1) is 7.09. The van der Waals surface area contributed by atoms with E-state index in [1.54, 1.807) is 13.1 Å². The van der Waals surface area contributed by atoms with Crippen molar-refractivity contribution in [2.45, 2.75) is 6.92 Å². The van der Waals surface area contributed by atoms with Crippen molar-refractivity contribution in [3.05, 3.63) is 34.4 Å². The molecular weight excluding hydrogens is 194 g/mol. The van der Waals surface area contributed by atoms with Crippen LogP contribution in [0.3, 0.4) is 0 Å². The molecule has 0 aromatic carbocycles. The lowest BCUT2D eigenvalue weighted by molar-refractivity contribution is 0.547. The van der Waals surface area contributed by atoms with Crippen LogP contribution < -0.4 is 11.3 Å². The number of hydrogen-bond acceptors (Lipinski definition) is 4. The van der Waals surface area contributed by atoms with E-state index in [-0.39, 0.29) is 11.2 Å². The highest BCUT2D eigenvalue weighted by molar-refractivity contribution is 5.70. The zero-order chi connectivity index (χ0) is 11.0. The van der Waals surface area contributed by atoms with Crippen molar-refractivity contribution in [2.75, 3.05) is 5.73 Å². The molecule has 0 amide bonds. The average molecular weight is 205 g/mol. The first kappa shape index (κ1) is 9.51. The molecule has 5 heteroatoms. The summed E-state index contributed by atoms with van der Waals surface area (Å²) >= 11 is 0. The predicted octanol–water partition coefficient (Wildman–Crippen LogP) is 0.931. The van der Waals surface area contributed by atoms with Crippen LogP contribution in [0.25, 0.3) is 11.3 Å². The lowest BCUT2D eigenvalue weighted by atomic mass is 10.2. The van der Waals surface area contributed by atoms with E-state index in [2.05, 4.69) is 5.10 Å². The lowest BCUT2D eigenvalue weighted by Crippen LogP contribution is -2.22. The van der Waals surface area contributed by atoms with Gasteiger partial charge in [0.2, 0.25) is 0 Å². The Balaban J connectivity index is 2.64. The van der Waals surface area contributed by atoms with Crippen LogP contribution in [-0.4, -0.2) is 9.78 Å². The third kappa shape index (κ3) is 1.52. The number of hydrogen-bond donors (Lipinski definition) is 1. The van der Waals surface area contributed by atoms with Crippen LogP contribution >= 0.6 is 0 Å². The first-order valence-electron chi connectivity index (χ1n) is 4.48. The van der Waals surface area contributed by atoms with Gasteiger partial charge in [0.15, 0.2) is 0 Å². The van der Waals surface area contributed by atoms with Gasteiger partial charge >= 0.3 is 0 Å². The van der Waals surface area contributed by atoms with Gasteiger partial charge in [0.25, 0.3) is 5.56 Å². The number of aromatic nitrogens is 2. The first-order valence-corrected chi connectivity index (χ1v) is 4.48. The minimum atomic E-state index is -0.318. The number of nitrogens with zero attached hydrogens (tertiary/aromatic N) is 2. The molecule has 78 valence electrons. The monoisotopic (exact) mass is 205 g/mol. The molecule has 2 aromatic heterocycles. The molecule has 0 fully saturated rings. The van der Waals surface area contributed by atoms with Gasteiger partial charge in [-0.1, -0.05) is 0 Å². The highest BCUT2D eigenvalue weighted by Crippen LogP contribution is 2.23. The Morgan fingerprint density at radius 2 is 2.20 bits per heavy atom. The number of furan rings is 1. The van der Waals surface area contributed by atoms with Crippen LogP contribution in [0, 0.1) is 6.92 Å². The second-order valence-corrected chi connectivity index (χ2v) is 3.31. The number of nitrogen functional groups attached to an aromatic ring is 1. The maximum absolute atomic E-state index is 11.5. The lowest BCUT2D eigenvalue weighted by Gasteiger charge is -2.02. The van der Waals surface area contributed by atoms with E-state index < -0.39 is 0 Å². The molecule has 0 aliphatic rings. The summed E-state index contributed by atoms with van der Waals surface area (Å²) in [5, 5.41) is 3.89. The van der Waals surface area contributed by atoms with Gasteiger partial charge in [-0.2, -0.15) is 5.10 Å². The summed E-state index contributed by atoms with van der Waals surface area (Å²) in [6.07, 6.45) is 1.52. The molecule has 0 aliphatic carbocycles. The van der Waals surface area contributed by atoms with Crippen molar-refractivity contribution in [1.29, 1.82) is 0 Å². The van der Waals surface area contributed by atoms with Gasteiger partial charge in [-0.05, 0) is 19.1 Å². The molecule has 2 heterocycles. The topological polar surface area (TPSA) is 74.0 Å². The largest absolute Gasteiger partial charge is 0.461 e. The second kappa shape index (κ2) is 3.27. The molecule has 0 saturated carbocycles. The second-order valence-electron chi connectivity index (χ2n) is 3.31. The summed E-state index contributed by atoms with van der Waals surface area (Å²) in [5.74, 6) is 1.33. The summed E-state index contributed by atoms with van der Waals surface area (Å²) in [6.45, 7) is 1.83. The van der Waals surface area contributed by atoms with Crippen LogP contribution in [0.2, 0.25) is 0 Å². The van der Waals surface area contributed by atoms with Crippen molar-refractivity contribution in [3.63, 3.8) is 0 Å². The molecule has 2 rings (SSSR count). The molecule has 0 spiro atoms. The molecule has 5 nitrogen and oxygen atoms in total. The summed E-state index contributed by atoms with van der Waals surface area (Å²) in [6, 6.07) is 3.58. The zero-order valence-corrected chi connectivity index (χ0v) is 8.52. The van der Waals surface area contributed by atoms with Gasteiger partial charge in [0, 0.05) is 7.05 Å². The van der Waals surface area contributed by atoms with Gasteiger partial charge in [0.1, 0.15) is 17.2 Å². The van der Waals surface area contributed by atoms with Crippen molar-refractivity contribution >= 4 is 5.69 Å². The van der Waals surface area contributed by atoms with Crippen LogP contribution in [-0.2, 0) is 7.05 Å². The molecular formula is C10H11N3O2. The Bertz CT molecular complexity index is 554. The Labute approximate surface area is 86.1 Å². The third-order valence-corrected chi connectivity index (χ3v) is 2.18. The fourth-order valence-electron chi connectivity index (χ4n) is 1.33. The standard InChI is InChI=1S/C10H11N3O2/c1-6-3-4-8(15-6)7-5-12-13(2)10(14)9(7)11/h3-5H,11H2,1-2H3. The maximum atomic E-state index is 11.5. The number of nitrogens with two attached hydrogens (primary N) is 1. The molecule has 0 saturated heterocycles. The molecule has 2 N–H and O–H groups in total. The maximum Gasteiger partial charge on any atom is 0.290 e. The average Bonchev–Trinajstić information content (AvgIpc) is 2.61. The van der Waals surface area contributed by atoms with Gasteiger partial charge in [0.05, 0.1) is 11.8 Å². The fourth-order valence-corrected chi connectivity index (χ4v) is 1.33. The van der Waals surface area contributed by atoms with Crippen LogP contribution in [0.5, 0.6) is 0 Å². The molecule has 0 atom stereocenters. The highest BCUT2D eigenvalue weighted by Gasteiger charge is 2.10. The van der Waals surface area contributed by atoms with Gasteiger partial charge in [-0.15, -0.1) is 0 Å². The summed E-state index contributed by atoms with van der Waals surface area (Å²) in [5.41, 5.74) is 6.06. The van der Waals surface area contributed by atoms with Crippen molar-refractivity contribution in [2.24, 2.45) is 7.05 Å². The molecule has 0 bridgehead atoms. The van der Waals surface area contributed by atoms with E-state index in [9.17, 15) is 4.79 Å². The van der Waals surface area contributed by atoms with E-state index >= 15 is 0 Å². The predicted molar refractivity (Wildman–Crippen MR) is 56.3 cm³/mol. The Kier molecular flexibility index (Phi) is 2.07. The van der Waals surface area contributed by atoms with Crippen LogP contribution in [0.4, 0.5) is 5.69 Å². The Morgan fingerprint density at radius 3 is 2.80 bits per heavy atom. The molecule has 0 unspecified atom stereocenters. The number of rotatable bonds is 1. The Hall–Kier alpha value is -2.04. The van der Waals surface area contributed by atoms with Crippen molar-refractivity contribution in [1.82, 2.24) is 9.78 Å². The normalized spacial score (nSPS) is 10.5. The molecule has 0 aliphatic heterocycles. The summed E-state index contributed by atoms with van der Waals surface area (Å²) in [4.78, 5) is 11.5. The summed E-state index contributed by atoms with van der Waals surface area (Å²) < 4.78 is 6.57. The van der Waals surface area contributed by atoms with E-state index in [1.165, 1.54) is 10.9 Å². The van der Waals surface area contributed by atoms with Crippen molar-refractivity contribution in [3.8, 4) is 11.3 Å². The highest BCUT2D eigenvalue weighted by atomic mass is 16.3. The number of aryl methyl sites for hydroxylation is 2. The van der Waals surface area contributed by atoms with Gasteiger partial charge in [-0.25, -0.2) is 4.68 Å². The number of anilines is 1. The quantitative estimate of drug-likeness (QED) is 0.751. The van der Waals surface area contributed by atoms with Crippen LogP contribution in [0.1, 0.15) is 5.76 Å². The van der Waals surface area contributed by atoms with E-state index in [4.69, 9.17) is 10.2 Å². The smallest absolute Gasteiger partial charge is 0.290 e. The minimum absolute atomic E-state index is 0.154. The van der Waals surface area contributed by atoms with Gasteiger partial charge < -0.3 is 10.2 Å². The van der Waals surface area contributed by atoms with E-state index in [0.29, 0.717) is 11.3 Å². The third-order valence-electron chi connectivity index (χ3n) is 2.18. The van der Waals surface area contributed by atoms with Crippen LogP contribution in [0.15, 0.2) is 27.5 Å². The SMILES string of the molecule is Cc1ccc(-c2cnn(C)c(=O)c2N)o1. The molecule has 15 heavy (non-hydrogen) atoms. The minimum Gasteiger partial charge on any atom is -0.461 e. The fraction of sp³-hybridized carbons (Fsp3) is 0.200. The van der Waals surface area contributed by atoms with E-state index in [1.807, 2.05) is 13.0 Å². The van der Waals surface area contributed by atoms with Crippen molar-refractivity contribution < 1.29 is 4.42 Å². The summed E-state index contributed by atoms with van der Waals surface area (Å²) in [7, 11) is 1.55. The van der Waals surface area contributed by atoms with E-state index in [0.717, 1.165) is 5.76 Å². The zero-order valence-electron chi connectivity index (χ0n) is 8.52. The van der Waals surface area contributed by atoms with Gasteiger partial charge in [-0.3, -0.25) is 4.79 Å². The Morgan fingerprint density at radius 1 is 1.47 bits per heavy atom. The molecule has 2 aromatic rings. The molecule has 0 radical (unpaired) electrons.